The average Bonchev–Trinajstić information content (AvgIpc) is 3.01. The molecule has 0 radical (unpaired) electrons. The number of carbonyl (C=O) groups is 1. The van der Waals surface area contributed by atoms with Crippen molar-refractivity contribution in [3.63, 3.8) is 0 Å². The highest BCUT2D eigenvalue weighted by Crippen LogP contribution is 2.34. The van der Waals surface area contributed by atoms with E-state index < -0.39 is 5.91 Å². The molecule has 24 heavy (non-hydrogen) atoms. The first-order valence-electron chi connectivity index (χ1n) is 7.16. The summed E-state index contributed by atoms with van der Waals surface area (Å²) in [6, 6.07) is 11.8. The largest absolute Gasteiger partial charge is 0.504 e. The van der Waals surface area contributed by atoms with Gasteiger partial charge in [0, 0.05) is 18.2 Å². The van der Waals surface area contributed by atoms with Gasteiger partial charge in [0.1, 0.15) is 0 Å². The highest BCUT2D eigenvalue weighted by atomic mass is 16.5. The van der Waals surface area contributed by atoms with Crippen LogP contribution in [-0.4, -0.2) is 28.3 Å². The lowest BCUT2D eigenvalue weighted by Gasteiger charge is -2.11. The van der Waals surface area contributed by atoms with Crippen molar-refractivity contribution in [2.24, 2.45) is 0 Å². The maximum absolute atomic E-state index is 12.6. The van der Waals surface area contributed by atoms with Crippen LogP contribution in [-0.2, 0) is 0 Å². The number of amides is 1. The third kappa shape index (κ3) is 3.05. The van der Waals surface area contributed by atoms with Crippen molar-refractivity contribution in [2.75, 3.05) is 12.4 Å². The number of hydrogen-bond acceptors (Lipinski definition) is 6. The number of phenolic OH excluding ortho intramolecular Hbond substituents is 1. The van der Waals surface area contributed by atoms with Crippen LogP contribution in [0.5, 0.6) is 11.5 Å². The van der Waals surface area contributed by atoms with E-state index in [4.69, 9.17) is 9.26 Å². The van der Waals surface area contributed by atoms with Crippen molar-refractivity contribution in [2.45, 2.75) is 6.92 Å². The number of aryl methyl sites for hydroxylation is 1. The van der Waals surface area contributed by atoms with Crippen LogP contribution in [0.3, 0.4) is 0 Å². The third-order valence-electron chi connectivity index (χ3n) is 3.36. The number of methoxy groups -OCH3 is 1. The number of hydrogen-bond donors (Lipinski definition) is 2. The normalized spacial score (nSPS) is 10.4. The van der Waals surface area contributed by atoms with Crippen LogP contribution in [0.15, 0.2) is 47.0 Å². The van der Waals surface area contributed by atoms with Gasteiger partial charge in [-0.1, -0.05) is 23.4 Å². The second kappa shape index (κ2) is 6.41. The number of rotatable bonds is 4. The zero-order valence-corrected chi connectivity index (χ0v) is 13.1. The van der Waals surface area contributed by atoms with Gasteiger partial charge >= 0.3 is 0 Å². The molecule has 0 atom stereocenters. The monoisotopic (exact) mass is 325 g/mol. The molecule has 0 fully saturated rings. The molecule has 0 aliphatic heterocycles. The lowest BCUT2D eigenvalue weighted by Crippen LogP contribution is -2.13. The Balaban J connectivity index is 2.05. The summed E-state index contributed by atoms with van der Waals surface area (Å²) in [6.07, 6.45) is 0. The van der Waals surface area contributed by atoms with E-state index >= 15 is 0 Å². The van der Waals surface area contributed by atoms with Crippen LogP contribution < -0.4 is 10.1 Å². The molecule has 0 spiro atoms. The van der Waals surface area contributed by atoms with Crippen molar-refractivity contribution in [3.05, 3.63) is 53.9 Å². The number of aromatic hydroxyl groups is 1. The summed E-state index contributed by atoms with van der Waals surface area (Å²) in [7, 11) is 1.42. The molecule has 2 aromatic carbocycles. The number of para-hydroxylation sites is 1. The van der Waals surface area contributed by atoms with Gasteiger partial charge < -0.3 is 19.7 Å². The Morgan fingerprint density at radius 1 is 1.25 bits per heavy atom. The number of anilines is 1. The minimum atomic E-state index is -0.406. The Hall–Kier alpha value is -3.35. The molecule has 3 aromatic rings. The van der Waals surface area contributed by atoms with Crippen molar-refractivity contribution >= 4 is 11.6 Å². The molecular formula is C17H15N3O4. The summed E-state index contributed by atoms with van der Waals surface area (Å²) in [5, 5.41) is 16.6. The molecule has 7 heteroatoms. The van der Waals surface area contributed by atoms with Gasteiger partial charge in [0.15, 0.2) is 11.5 Å². The molecule has 1 aromatic heterocycles. The number of aromatic nitrogens is 2. The Morgan fingerprint density at radius 2 is 2.00 bits per heavy atom. The second-order valence-corrected chi connectivity index (χ2v) is 5.03. The van der Waals surface area contributed by atoms with Crippen LogP contribution in [0.25, 0.3) is 11.4 Å². The quantitative estimate of drug-likeness (QED) is 0.765. The van der Waals surface area contributed by atoms with Gasteiger partial charge in [0.05, 0.1) is 12.7 Å². The molecule has 0 aliphatic carbocycles. The van der Waals surface area contributed by atoms with Crippen molar-refractivity contribution in [1.29, 1.82) is 0 Å². The van der Waals surface area contributed by atoms with Gasteiger partial charge in [-0.15, -0.1) is 0 Å². The molecule has 0 saturated carbocycles. The van der Waals surface area contributed by atoms with Crippen LogP contribution in [0.1, 0.15) is 16.2 Å². The van der Waals surface area contributed by atoms with E-state index in [-0.39, 0.29) is 22.9 Å². The van der Waals surface area contributed by atoms with Crippen molar-refractivity contribution < 1.29 is 19.2 Å². The van der Waals surface area contributed by atoms with Crippen molar-refractivity contribution in [3.8, 4) is 22.9 Å². The summed E-state index contributed by atoms with van der Waals surface area (Å²) in [5.41, 5.74) is 1.24. The van der Waals surface area contributed by atoms with Crippen molar-refractivity contribution in [1.82, 2.24) is 10.1 Å². The molecule has 3 rings (SSSR count). The number of benzene rings is 2. The van der Waals surface area contributed by atoms with Gasteiger partial charge in [0.2, 0.25) is 11.7 Å². The molecular weight excluding hydrogens is 310 g/mol. The van der Waals surface area contributed by atoms with Crippen LogP contribution >= 0.6 is 0 Å². The maximum Gasteiger partial charge on any atom is 0.256 e. The summed E-state index contributed by atoms with van der Waals surface area (Å²) in [4.78, 5) is 16.8. The van der Waals surface area contributed by atoms with E-state index in [1.807, 2.05) is 18.2 Å². The van der Waals surface area contributed by atoms with Crippen LogP contribution in [0.2, 0.25) is 0 Å². The summed E-state index contributed by atoms with van der Waals surface area (Å²) < 4.78 is 10.1. The summed E-state index contributed by atoms with van der Waals surface area (Å²) >= 11 is 0. The number of nitrogens with one attached hydrogen (secondary N) is 1. The fraction of sp³-hybridized carbons (Fsp3) is 0.118. The summed E-state index contributed by atoms with van der Waals surface area (Å²) in [6.45, 7) is 1.65. The van der Waals surface area contributed by atoms with Gasteiger partial charge in [-0.25, -0.2) is 0 Å². The van der Waals surface area contributed by atoms with E-state index in [1.54, 1.807) is 19.1 Å². The Kier molecular flexibility index (Phi) is 4.15. The molecule has 7 nitrogen and oxygen atoms in total. The topological polar surface area (TPSA) is 97.5 Å². The first kappa shape index (κ1) is 15.5. The molecule has 122 valence electrons. The maximum atomic E-state index is 12.6. The number of phenols is 1. The third-order valence-corrected chi connectivity index (χ3v) is 3.36. The average molecular weight is 325 g/mol. The Labute approximate surface area is 137 Å². The highest BCUT2D eigenvalue weighted by molar-refractivity contribution is 6.08. The second-order valence-electron chi connectivity index (χ2n) is 5.03. The Bertz CT molecular complexity index is 875. The highest BCUT2D eigenvalue weighted by Gasteiger charge is 2.20. The fourth-order valence-electron chi connectivity index (χ4n) is 2.23. The molecule has 0 aliphatic rings. The molecule has 1 heterocycles. The molecule has 2 N–H and O–H groups in total. The predicted octanol–water partition coefficient (Wildman–Crippen LogP) is 3.01. The lowest BCUT2D eigenvalue weighted by molar-refractivity contribution is 0.102. The lowest BCUT2D eigenvalue weighted by atomic mass is 10.0. The van der Waals surface area contributed by atoms with E-state index in [0.717, 1.165) is 0 Å². The SMILES string of the molecule is COc1cc(-c2noc(C)n2)c(C(=O)Nc2ccccc2)cc1O. The fourth-order valence-corrected chi connectivity index (χ4v) is 2.23. The van der Waals surface area contributed by atoms with Gasteiger partial charge in [-0.05, 0) is 24.3 Å². The van der Waals surface area contributed by atoms with E-state index in [2.05, 4.69) is 15.5 Å². The molecule has 0 unspecified atom stereocenters. The minimum Gasteiger partial charge on any atom is -0.504 e. The first-order chi connectivity index (χ1) is 11.6. The number of ether oxygens (including phenoxy) is 1. The van der Waals surface area contributed by atoms with E-state index in [9.17, 15) is 9.90 Å². The Morgan fingerprint density at radius 3 is 2.62 bits per heavy atom. The standard InChI is InChI=1S/C17H15N3O4/c1-10-18-16(20-24-10)12-9-15(23-2)14(21)8-13(12)17(22)19-11-6-4-3-5-7-11/h3-9,21H,1-2H3,(H,19,22). The molecule has 0 saturated heterocycles. The minimum absolute atomic E-state index is 0.153. The van der Waals surface area contributed by atoms with E-state index in [0.29, 0.717) is 17.1 Å². The van der Waals surface area contributed by atoms with E-state index in [1.165, 1.54) is 19.2 Å². The van der Waals surface area contributed by atoms with Crippen LogP contribution in [0.4, 0.5) is 5.69 Å². The van der Waals surface area contributed by atoms with Crippen LogP contribution in [0, 0.1) is 6.92 Å². The summed E-state index contributed by atoms with van der Waals surface area (Å²) in [5.74, 6) is 0.260. The number of carbonyl (C=O) groups excluding carboxylic acids is 1. The van der Waals surface area contributed by atoms with Gasteiger partial charge in [-0.2, -0.15) is 4.98 Å². The molecule has 0 bridgehead atoms. The molecule has 1 amide bonds. The smallest absolute Gasteiger partial charge is 0.256 e. The first-order valence-corrected chi connectivity index (χ1v) is 7.16. The van der Waals surface area contributed by atoms with Gasteiger partial charge in [0.25, 0.3) is 5.91 Å². The predicted molar refractivity (Wildman–Crippen MR) is 87.1 cm³/mol. The zero-order chi connectivity index (χ0) is 17.1. The number of nitrogens with zero attached hydrogens (tertiary/aromatic N) is 2. The van der Waals surface area contributed by atoms with Gasteiger partial charge in [-0.3, -0.25) is 4.79 Å². The zero-order valence-electron chi connectivity index (χ0n) is 13.1.